The molecule has 0 fully saturated rings. The fourth-order valence-electron chi connectivity index (χ4n) is 1.22. The second-order valence-electron chi connectivity index (χ2n) is 3.45. The molecule has 6 nitrogen and oxygen atoms in total. The number of nitrogen functional groups attached to an aromatic ring is 1. The van der Waals surface area contributed by atoms with Crippen LogP contribution in [0.2, 0.25) is 0 Å². The van der Waals surface area contributed by atoms with Gasteiger partial charge in [0, 0.05) is 35.4 Å². The van der Waals surface area contributed by atoms with Gasteiger partial charge >= 0.3 is 0 Å². The number of hydrogen-bond acceptors (Lipinski definition) is 6. The molecule has 1 atom stereocenters. The van der Waals surface area contributed by atoms with E-state index in [1.165, 1.54) is 11.3 Å². The highest BCUT2D eigenvalue weighted by Gasteiger charge is 2.15. The average molecular weight is 290 g/mol. The van der Waals surface area contributed by atoms with Crippen LogP contribution in [0.1, 0.15) is 23.5 Å². The third kappa shape index (κ3) is 4.26. The molecule has 1 rings (SSSR count). The Morgan fingerprint density at radius 2 is 2.22 bits per heavy atom. The minimum atomic E-state index is -0.874. The lowest BCUT2D eigenvalue weighted by Gasteiger charge is -2.02. The summed E-state index contributed by atoms with van der Waals surface area (Å²) in [5.41, 5.74) is 5.67. The zero-order valence-corrected chi connectivity index (χ0v) is 12.1. The van der Waals surface area contributed by atoms with Gasteiger partial charge in [0.1, 0.15) is 10.7 Å². The summed E-state index contributed by atoms with van der Waals surface area (Å²) in [6.07, 6.45) is 0. The largest absolute Gasteiger partial charge is 0.382 e. The molecule has 4 N–H and O–H groups in total. The lowest BCUT2D eigenvalue weighted by molar-refractivity contribution is 0.0961. The van der Waals surface area contributed by atoms with Crippen molar-refractivity contribution in [2.45, 2.75) is 13.8 Å². The van der Waals surface area contributed by atoms with Crippen LogP contribution in [0, 0.1) is 0 Å². The van der Waals surface area contributed by atoms with E-state index in [9.17, 15) is 9.00 Å². The van der Waals surface area contributed by atoms with Crippen LogP contribution in [0.15, 0.2) is 0 Å². The van der Waals surface area contributed by atoms with Crippen LogP contribution in [0.4, 0.5) is 10.9 Å². The van der Waals surface area contributed by atoms with E-state index in [0.29, 0.717) is 28.1 Å². The molecule has 0 saturated carbocycles. The van der Waals surface area contributed by atoms with Crippen molar-refractivity contribution in [1.82, 2.24) is 10.3 Å². The van der Waals surface area contributed by atoms with E-state index in [-0.39, 0.29) is 11.7 Å². The molecule has 0 aromatic carbocycles. The maximum Gasteiger partial charge on any atom is 0.265 e. The molecule has 0 bridgehead atoms. The Bertz CT molecular complexity index is 434. The molecule has 0 spiro atoms. The molecule has 0 aliphatic carbocycles. The van der Waals surface area contributed by atoms with E-state index in [0.717, 1.165) is 6.54 Å². The maximum absolute atomic E-state index is 11.8. The van der Waals surface area contributed by atoms with Gasteiger partial charge in [-0.3, -0.25) is 9.00 Å². The summed E-state index contributed by atoms with van der Waals surface area (Å²) in [6.45, 7) is 4.90. The Morgan fingerprint density at radius 1 is 1.50 bits per heavy atom. The van der Waals surface area contributed by atoms with Crippen molar-refractivity contribution in [3.8, 4) is 0 Å². The van der Waals surface area contributed by atoms with Crippen LogP contribution < -0.4 is 16.4 Å². The molecule has 102 valence electrons. The Morgan fingerprint density at radius 3 is 2.83 bits per heavy atom. The first kappa shape index (κ1) is 14.9. The number of amides is 1. The second-order valence-corrected chi connectivity index (χ2v) is 6.32. The summed E-state index contributed by atoms with van der Waals surface area (Å²) < 4.78 is 11.2. The van der Waals surface area contributed by atoms with Gasteiger partial charge in [-0.1, -0.05) is 18.3 Å². The normalized spacial score (nSPS) is 12.1. The number of nitrogens with zero attached hydrogens (tertiary/aromatic N) is 1. The lowest BCUT2D eigenvalue weighted by atomic mass is 10.4. The Kier molecular flexibility index (Phi) is 6.06. The molecule has 0 aliphatic heterocycles. The van der Waals surface area contributed by atoms with Gasteiger partial charge in [-0.2, -0.15) is 0 Å². The number of hydrogen-bond donors (Lipinski definition) is 3. The third-order valence-corrected chi connectivity index (χ3v) is 4.46. The van der Waals surface area contributed by atoms with Gasteiger partial charge in [0.25, 0.3) is 5.91 Å². The van der Waals surface area contributed by atoms with Crippen LogP contribution in [0.25, 0.3) is 0 Å². The van der Waals surface area contributed by atoms with Gasteiger partial charge in [0.15, 0.2) is 5.13 Å². The van der Waals surface area contributed by atoms with Crippen LogP contribution in [-0.2, 0) is 10.8 Å². The molecule has 0 saturated heterocycles. The number of nitrogens with one attached hydrogen (secondary N) is 2. The van der Waals surface area contributed by atoms with Gasteiger partial charge in [-0.05, 0) is 6.92 Å². The minimum Gasteiger partial charge on any atom is -0.382 e. The quantitative estimate of drug-likeness (QED) is 0.685. The third-order valence-electron chi connectivity index (χ3n) is 2.12. The monoisotopic (exact) mass is 290 g/mol. The van der Waals surface area contributed by atoms with Crippen molar-refractivity contribution >= 4 is 39.0 Å². The molecular weight excluding hydrogens is 272 g/mol. The number of carbonyl (C=O) groups is 1. The summed E-state index contributed by atoms with van der Waals surface area (Å²) in [4.78, 5) is 16.2. The van der Waals surface area contributed by atoms with Crippen molar-refractivity contribution in [1.29, 1.82) is 0 Å². The summed E-state index contributed by atoms with van der Waals surface area (Å²) in [6, 6.07) is 0. The number of thiazole rings is 1. The predicted octanol–water partition coefficient (Wildman–Crippen LogP) is 0.655. The van der Waals surface area contributed by atoms with Crippen LogP contribution >= 0.6 is 11.3 Å². The molecular formula is C10H18N4O2S2. The standard InChI is InChI=1S/C10H18N4O2S2/c1-3-12-10-14-8(11)7(17-10)9(15)13-5-6-18(16)4-2/h3-6,11H2,1-2H3,(H,12,14)(H,13,15). The first-order chi connectivity index (χ1) is 8.58. The number of carbonyl (C=O) groups excluding carboxylic acids is 1. The van der Waals surface area contributed by atoms with Crippen molar-refractivity contribution < 1.29 is 9.00 Å². The van der Waals surface area contributed by atoms with E-state index >= 15 is 0 Å². The SMILES string of the molecule is CCNc1nc(N)c(C(=O)NCCS(=O)CC)s1. The molecule has 0 aliphatic rings. The average Bonchev–Trinajstić information content (AvgIpc) is 2.70. The molecule has 1 amide bonds. The van der Waals surface area contributed by atoms with E-state index in [1.807, 2.05) is 13.8 Å². The maximum atomic E-state index is 11.8. The molecule has 1 unspecified atom stereocenters. The van der Waals surface area contributed by atoms with Crippen LogP contribution in [0.5, 0.6) is 0 Å². The van der Waals surface area contributed by atoms with E-state index in [2.05, 4.69) is 15.6 Å². The van der Waals surface area contributed by atoms with Crippen molar-refractivity contribution in [2.75, 3.05) is 35.6 Å². The van der Waals surface area contributed by atoms with Crippen LogP contribution in [0.3, 0.4) is 0 Å². The van der Waals surface area contributed by atoms with Gasteiger partial charge in [-0.25, -0.2) is 4.98 Å². The summed E-state index contributed by atoms with van der Waals surface area (Å²) >= 11 is 1.22. The van der Waals surface area contributed by atoms with Crippen LogP contribution in [-0.4, -0.2) is 39.7 Å². The zero-order valence-electron chi connectivity index (χ0n) is 10.5. The highest BCUT2D eigenvalue weighted by molar-refractivity contribution is 7.84. The van der Waals surface area contributed by atoms with Gasteiger partial charge in [0.05, 0.1) is 0 Å². The van der Waals surface area contributed by atoms with E-state index in [4.69, 9.17) is 5.73 Å². The topological polar surface area (TPSA) is 97.1 Å². The smallest absolute Gasteiger partial charge is 0.265 e. The zero-order chi connectivity index (χ0) is 13.5. The van der Waals surface area contributed by atoms with E-state index < -0.39 is 10.8 Å². The molecule has 0 radical (unpaired) electrons. The molecule has 1 heterocycles. The molecule has 8 heteroatoms. The fourth-order valence-corrected chi connectivity index (χ4v) is 2.71. The Balaban J connectivity index is 2.53. The fraction of sp³-hybridized carbons (Fsp3) is 0.600. The first-order valence-electron chi connectivity index (χ1n) is 5.71. The number of nitrogens with two attached hydrogens (primary N) is 1. The second kappa shape index (κ2) is 7.32. The molecule has 18 heavy (non-hydrogen) atoms. The summed E-state index contributed by atoms with van der Waals surface area (Å²) in [7, 11) is -0.874. The van der Waals surface area contributed by atoms with Gasteiger partial charge in [-0.15, -0.1) is 0 Å². The minimum absolute atomic E-state index is 0.227. The van der Waals surface area contributed by atoms with Crippen molar-refractivity contribution in [3.05, 3.63) is 4.88 Å². The highest BCUT2D eigenvalue weighted by Crippen LogP contribution is 2.24. The number of aromatic nitrogens is 1. The molecule has 1 aromatic rings. The highest BCUT2D eigenvalue weighted by atomic mass is 32.2. The van der Waals surface area contributed by atoms with Crippen molar-refractivity contribution in [2.24, 2.45) is 0 Å². The molecule has 1 aromatic heterocycles. The summed E-state index contributed by atoms with van der Waals surface area (Å²) in [5, 5.41) is 6.33. The van der Waals surface area contributed by atoms with Gasteiger partial charge in [0.2, 0.25) is 0 Å². The predicted molar refractivity (Wildman–Crippen MR) is 76.6 cm³/mol. The first-order valence-corrected chi connectivity index (χ1v) is 8.02. The van der Waals surface area contributed by atoms with E-state index in [1.54, 1.807) is 0 Å². The van der Waals surface area contributed by atoms with Crippen molar-refractivity contribution in [3.63, 3.8) is 0 Å². The number of anilines is 2. The lowest BCUT2D eigenvalue weighted by Crippen LogP contribution is -2.27. The Hall–Kier alpha value is -1.15. The number of rotatable bonds is 7. The van der Waals surface area contributed by atoms with Gasteiger partial charge < -0.3 is 16.4 Å². The Labute approximate surface area is 113 Å². The summed E-state index contributed by atoms with van der Waals surface area (Å²) in [5.74, 6) is 1.02.